The molecule has 0 spiro atoms. The fraction of sp³-hybridized carbons (Fsp3) is 0.519. The molecule has 1 amide bonds. The van der Waals surface area contributed by atoms with Crippen LogP contribution >= 0.6 is 11.8 Å². The zero-order valence-corrected chi connectivity index (χ0v) is 44.2. The van der Waals surface area contributed by atoms with Crippen molar-refractivity contribution in [3.63, 3.8) is 0 Å². The van der Waals surface area contributed by atoms with Crippen LogP contribution in [0, 0.1) is 17.6 Å². The first kappa shape index (κ1) is 55.2. The molecule has 0 radical (unpaired) electrons. The van der Waals surface area contributed by atoms with Crippen molar-refractivity contribution in [2.24, 2.45) is 5.92 Å². The Labute approximate surface area is 433 Å². The van der Waals surface area contributed by atoms with E-state index in [2.05, 4.69) is 25.3 Å². The van der Waals surface area contributed by atoms with Crippen LogP contribution in [0.25, 0.3) is 5.69 Å². The molecule has 7 rings (SSSR count). The van der Waals surface area contributed by atoms with Gasteiger partial charge < -0.3 is 43.9 Å². The highest BCUT2D eigenvalue weighted by Gasteiger charge is 2.46. The number of esters is 1. The van der Waals surface area contributed by atoms with Crippen LogP contribution in [0.15, 0.2) is 90.5 Å². The number of aromatic nitrogens is 6. The molecule has 4 heterocycles. The van der Waals surface area contributed by atoms with E-state index in [-0.39, 0.29) is 42.7 Å². The Balaban J connectivity index is 0.918. The molecular formula is C52H68F2N9O10S+. The number of ether oxygens (including phenoxy) is 5. The molecule has 0 bridgehead atoms. The van der Waals surface area contributed by atoms with Crippen molar-refractivity contribution in [2.45, 2.75) is 123 Å². The highest BCUT2D eigenvalue weighted by Crippen LogP contribution is 2.42. The normalized spacial score (nSPS) is 18.8. The zero-order chi connectivity index (χ0) is 53.5. The average molecular weight is 1050 g/mol. The molecular weight excluding hydrogens is 981 g/mol. The number of amides is 1. The van der Waals surface area contributed by atoms with Gasteiger partial charge in [-0.25, -0.2) is 37.2 Å². The number of piperazine rings is 1. The molecule has 3 aromatic carbocycles. The second-order valence-corrected chi connectivity index (χ2v) is 21.6. The minimum atomic E-state index is -1.25. The maximum atomic E-state index is 15.6. The van der Waals surface area contributed by atoms with Gasteiger partial charge in [0.15, 0.2) is 0 Å². The molecule has 74 heavy (non-hydrogen) atoms. The van der Waals surface area contributed by atoms with E-state index in [1.807, 2.05) is 55.5 Å². The molecule has 2 N–H and O–H groups in total. The molecule has 0 aliphatic carbocycles. The number of anilines is 2. The van der Waals surface area contributed by atoms with Crippen LogP contribution in [-0.2, 0) is 35.9 Å². The van der Waals surface area contributed by atoms with E-state index >= 15 is 4.39 Å². The summed E-state index contributed by atoms with van der Waals surface area (Å²) in [6.07, 6.45) is 2.99. The monoisotopic (exact) mass is 1050 g/mol. The lowest BCUT2D eigenvalue weighted by Crippen LogP contribution is -2.47. The van der Waals surface area contributed by atoms with Gasteiger partial charge in [0.25, 0.3) is 6.33 Å². The Morgan fingerprint density at radius 2 is 1.53 bits per heavy atom. The standard InChI is InChI=1S/C52H67F2N9O10S/c1-10-45(34(2)64)63-48(67)62(32-56-63)40-14-12-38(13-15-40)58-21-23-59(24-22-58)39-16-18-41(19-17-39)69-27-36-26-52(70-28-36,42-20-11-37(53)25-43(42)54)30-61-33-60(31-55-61)35(3)71-49(68)74-29-44(46(65)72-50(4,5)6)57-47(66)73-51(7,8)9/h11-20,25,31-36,44-45,64H,10,21-24,26-30H2,1-9H3/p+1/t34-,35?,36+,44-,45-,52-/m0/s1. The number of rotatable bonds is 18. The molecule has 1 unspecified atom stereocenters. The van der Waals surface area contributed by atoms with Gasteiger partial charge in [-0.05, 0) is 128 Å². The van der Waals surface area contributed by atoms with Crippen LogP contribution in [0.1, 0.15) is 93.0 Å². The molecule has 2 fully saturated rings. The quantitative estimate of drug-likeness (QED) is 0.0512. The number of hydrogen-bond acceptors (Lipinski definition) is 15. The Morgan fingerprint density at radius 1 is 0.905 bits per heavy atom. The van der Waals surface area contributed by atoms with Crippen molar-refractivity contribution in [1.82, 2.24) is 29.4 Å². The number of alkyl carbamates (subject to hydrolysis) is 1. The summed E-state index contributed by atoms with van der Waals surface area (Å²) in [7, 11) is 0. The van der Waals surface area contributed by atoms with Crippen LogP contribution < -0.4 is 30.1 Å². The van der Waals surface area contributed by atoms with E-state index in [1.165, 1.54) is 43.3 Å². The van der Waals surface area contributed by atoms with Gasteiger partial charge in [-0.1, -0.05) is 13.0 Å². The van der Waals surface area contributed by atoms with Crippen molar-refractivity contribution in [3.05, 3.63) is 113 Å². The van der Waals surface area contributed by atoms with Crippen molar-refractivity contribution in [3.8, 4) is 11.4 Å². The largest absolute Gasteiger partial charge is 0.493 e. The van der Waals surface area contributed by atoms with Gasteiger partial charge in [0.2, 0.25) is 12.6 Å². The van der Waals surface area contributed by atoms with Crippen molar-refractivity contribution >= 4 is 40.5 Å². The number of carbonyl (C=O) groups is 3. The van der Waals surface area contributed by atoms with Crippen molar-refractivity contribution in [1.29, 1.82) is 0 Å². The van der Waals surface area contributed by atoms with Crippen molar-refractivity contribution < 1.29 is 56.5 Å². The first-order valence-corrected chi connectivity index (χ1v) is 25.7. The summed E-state index contributed by atoms with van der Waals surface area (Å²) in [5.41, 5.74) is -0.255. The fourth-order valence-electron chi connectivity index (χ4n) is 8.91. The van der Waals surface area contributed by atoms with Crippen LogP contribution in [0.5, 0.6) is 5.75 Å². The summed E-state index contributed by atoms with van der Waals surface area (Å²) >= 11 is 0.672. The number of halogens is 2. The summed E-state index contributed by atoms with van der Waals surface area (Å²) in [5, 5.41) is 20.6. The van der Waals surface area contributed by atoms with Gasteiger partial charge in [-0.2, -0.15) is 9.67 Å². The van der Waals surface area contributed by atoms with Gasteiger partial charge in [-0.3, -0.25) is 0 Å². The molecule has 2 aromatic heterocycles. The van der Waals surface area contributed by atoms with Gasteiger partial charge >= 0.3 is 23.1 Å². The minimum Gasteiger partial charge on any atom is -0.493 e. The molecule has 2 saturated heterocycles. The molecule has 2 aliphatic rings. The Kier molecular flexibility index (Phi) is 17.4. The highest BCUT2D eigenvalue weighted by molar-refractivity contribution is 8.13. The van der Waals surface area contributed by atoms with Gasteiger partial charge in [0.1, 0.15) is 53.1 Å². The topological polar surface area (TPSA) is 198 Å². The maximum Gasteiger partial charge on any atom is 0.408 e. The number of carbonyl (C=O) groups excluding carboxylic acids is 3. The van der Waals surface area contributed by atoms with E-state index in [4.69, 9.17) is 23.7 Å². The second-order valence-electron chi connectivity index (χ2n) is 20.6. The van der Waals surface area contributed by atoms with E-state index in [0.29, 0.717) is 36.0 Å². The van der Waals surface area contributed by atoms with Crippen LogP contribution in [-0.4, -0.2) is 115 Å². The maximum absolute atomic E-state index is 15.6. The van der Waals surface area contributed by atoms with Gasteiger partial charge in [-0.15, -0.1) is 4.68 Å². The predicted octanol–water partition coefficient (Wildman–Crippen LogP) is 7.09. The molecule has 2 aliphatic heterocycles. The number of nitrogens with zero attached hydrogens (tertiary/aromatic N) is 8. The first-order chi connectivity index (χ1) is 35.0. The van der Waals surface area contributed by atoms with Crippen LogP contribution in [0.3, 0.4) is 0 Å². The Hall–Kier alpha value is -6.52. The molecule has 0 saturated carbocycles. The highest BCUT2D eigenvalue weighted by atomic mass is 32.2. The fourth-order valence-corrected chi connectivity index (χ4v) is 9.64. The molecule has 5 aromatic rings. The predicted molar refractivity (Wildman–Crippen MR) is 272 cm³/mol. The molecule has 6 atom stereocenters. The molecule has 400 valence electrons. The number of hydrogen-bond donors (Lipinski definition) is 2. The summed E-state index contributed by atoms with van der Waals surface area (Å²) in [4.78, 5) is 56.3. The number of aliphatic hydroxyl groups excluding tert-OH is 1. The summed E-state index contributed by atoms with van der Waals surface area (Å²) in [6.45, 7) is 19.0. The van der Waals surface area contributed by atoms with E-state index < -0.39 is 70.2 Å². The third kappa shape index (κ3) is 14.2. The van der Waals surface area contributed by atoms with Gasteiger partial charge in [0, 0.05) is 72.9 Å². The number of benzene rings is 3. The van der Waals surface area contributed by atoms with Crippen LogP contribution in [0.2, 0.25) is 0 Å². The minimum absolute atomic E-state index is 0.0362. The van der Waals surface area contributed by atoms with Gasteiger partial charge in [0.05, 0.1) is 31.0 Å². The number of nitrogens with one attached hydrogen (secondary N) is 1. The van der Waals surface area contributed by atoms with E-state index in [0.717, 1.165) is 43.6 Å². The molecule has 19 nitrogen and oxygen atoms in total. The SMILES string of the molecule is CC[C@@H]([C@H](C)O)n1ncn(-c2ccc(N3CCN(c4ccc(OC[C@@H]5CO[C@@](Cn6c[n+](C(C)OC(=O)SC[C@H](NC(=O)OC(C)(C)C)C(=O)OC(C)(C)C)cn6)(c6ccc(F)cc6F)C5)cc4)CC3)cc2)c1=O. The summed E-state index contributed by atoms with van der Waals surface area (Å²) < 4.78 is 64.8. The lowest BCUT2D eigenvalue weighted by Gasteiger charge is -2.37. The number of thioether (sulfide) groups is 1. The lowest BCUT2D eigenvalue weighted by molar-refractivity contribution is -0.753. The van der Waals surface area contributed by atoms with Crippen LogP contribution in [0.4, 0.5) is 29.7 Å². The zero-order valence-electron chi connectivity index (χ0n) is 43.4. The lowest BCUT2D eigenvalue weighted by atomic mass is 9.87. The van der Waals surface area contributed by atoms with E-state index in [1.54, 1.807) is 61.7 Å². The third-order valence-electron chi connectivity index (χ3n) is 12.5. The Morgan fingerprint density at radius 3 is 2.12 bits per heavy atom. The summed E-state index contributed by atoms with van der Waals surface area (Å²) in [6, 6.07) is 17.5. The third-order valence-corrected chi connectivity index (χ3v) is 13.4. The molecule has 22 heteroatoms. The van der Waals surface area contributed by atoms with E-state index in [9.17, 15) is 28.7 Å². The average Bonchev–Trinajstić information content (AvgIpc) is 4.08. The summed E-state index contributed by atoms with van der Waals surface area (Å²) in [5.74, 6) is -1.94. The smallest absolute Gasteiger partial charge is 0.408 e. The Bertz CT molecular complexity index is 2770. The number of aliphatic hydroxyl groups is 1. The second kappa shape index (κ2) is 23.4. The van der Waals surface area contributed by atoms with Crippen molar-refractivity contribution in [2.75, 3.05) is 54.9 Å². The first-order valence-electron chi connectivity index (χ1n) is 24.8.